The van der Waals surface area contributed by atoms with Crippen molar-refractivity contribution in [1.29, 1.82) is 0 Å². The number of aliphatic hydroxyl groups is 1. The van der Waals surface area contributed by atoms with Gasteiger partial charge in [0, 0.05) is 0 Å². The number of nitrogens with two attached hydrogens (primary N) is 2. The van der Waals surface area contributed by atoms with Crippen molar-refractivity contribution in [3.05, 3.63) is 60.2 Å². The Labute approximate surface area is 217 Å². The van der Waals surface area contributed by atoms with Crippen LogP contribution in [0.4, 0.5) is 34.1 Å². The third-order valence-electron chi connectivity index (χ3n) is 4.99. The quantitative estimate of drug-likeness (QED) is 0.128. The van der Waals surface area contributed by atoms with Crippen LogP contribution in [-0.4, -0.2) is 51.9 Å². The molecule has 6 N–H and O–H groups in total. The van der Waals surface area contributed by atoms with E-state index in [1.807, 2.05) is 0 Å². The van der Waals surface area contributed by atoms with Crippen LogP contribution in [0.1, 0.15) is 10.4 Å². The number of hydrogen-bond donors (Lipinski definition) is 4. The second-order valence-electron chi connectivity index (χ2n) is 7.49. The molecule has 0 aliphatic heterocycles. The van der Waals surface area contributed by atoms with Gasteiger partial charge in [-0.25, -0.2) is 13.2 Å². The molecule has 3 aromatic carbocycles. The minimum absolute atomic E-state index is 0.0483. The van der Waals surface area contributed by atoms with Gasteiger partial charge in [-0.2, -0.15) is 13.5 Å². The first-order valence-corrected chi connectivity index (χ1v) is 13.6. The molecule has 0 spiro atoms. The molecule has 0 amide bonds. The molecule has 0 radical (unpaired) electrons. The number of azo groups is 2. The number of rotatable bonds is 9. The lowest BCUT2D eigenvalue weighted by Crippen LogP contribution is -2.09. The van der Waals surface area contributed by atoms with Gasteiger partial charge in [0.15, 0.2) is 9.84 Å². The summed E-state index contributed by atoms with van der Waals surface area (Å²) in [7, 11) is -7.36. The van der Waals surface area contributed by atoms with Crippen molar-refractivity contribution < 1.29 is 36.0 Å². The number of esters is 1. The summed E-state index contributed by atoms with van der Waals surface area (Å²) in [5, 5.41) is 24.6. The maximum Gasteiger partial charge on any atom is 0.340 e. The fourth-order valence-electron chi connectivity index (χ4n) is 3.08. The summed E-state index contributed by atoms with van der Waals surface area (Å²) in [4.78, 5) is 11.2. The van der Waals surface area contributed by atoms with Crippen LogP contribution in [0, 0.1) is 0 Å². The number of anilines is 2. The molecule has 0 fully saturated rings. The highest BCUT2D eigenvalue weighted by Gasteiger charge is 2.23. The molecular formula is C22H22N6O8S2. The number of carbonyl (C=O) groups is 1. The molecule has 38 heavy (non-hydrogen) atoms. The summed E-state index contributed by atoms with van der Waals surface area (Å²) in [6, 6.07) is 12.1. The zero-order valence-corrected chi connectivity index (χ0v) is 21.3. The van der Waals surface area contributed by atoms with E-state index in [1.165, 1.54) is 43.5 Å². The Bertz CT molecular complexity index is 1640. The van der Waals surface area contributed by atoms with Crippen LogP contribution >= 0.6 is 0 Å². The lowest BCUT2D eigenvalue weighted by atomic mass is 10.2. The second kappa shape index (κ2) is 11.4. The topological polar surface area (TPSA) is 237 Å². The second-order valence-corrected chi connectivity index (χ2v) is 11.0. The lowest BCUT2D eigenvalue weighted by Gasteiger charge is -2.10. The summed E-state index contributed by atoms with van der Waals surface area (Å²) in [6.45, 7) is -0.541. The van der Waals surface area contributed by atoms with E-state index in [9.17, 15) is 26.2 Å². The van der Waals surface area contributed by atoms with Gasteiger partial charge in [-0.1, -0.05) is 12.1 Å². The Hall–Kier alpha value is -4.25. The van der Waals surface area contributed by atoms with Gasteiger partial charge in [0.05, 0.1) is 47.0 Å². The van der Waals surface area contributed by atoms with E-state index < -0.39 is 48.9 Å². The minimum Gasteiger partial charge on any atom is -0.465 e. The Morgan fingerprint density at radius 3 is 2.13 bits per heavy atom. The Balaban J connectivity index is 2.07. The van der Waals surface area contributed by atoms with Crippen LogP contribution in [0.2, 0.25) is 0 Å². The predicted octanol–water partition coefficient (Wildman–Crippen LogP) is 3.48. The number of hydrogen-bond acceptors (Lipinski definition) is 13. The molecule has 0 saturated carbocycles. The molecule has 0 bridgehead atoms. The summed E-state index contributed by atoms with van der Waals surface area (Å²) in [5.74, 6) is -1.14. The van der Waals surface area contributed by atoms with E-state index in [4.69, 9.17) is 21.3 Å². The highest BCUT2D eigenvalue weighted by molar-refractivity contribution is 7.91. The minimum atomic E-state index is -4.86. The molecule has 0 aliphatic rings. The molecule has 0 saturated heterocycles. The van der Waals surface area contributed by atoms with Gasteiger partial charge in [-0.15, -0.1) is 15.3 Å². The number of nitrogen functional groups attached to an aromatic ring is 2. The molecule has 0 atom stereocenters. The fourth-order valence-corrected chi connectivity index (χ4v) is 4.75. The molecule has 3 rings (SSSR count). The van der Waals surface area contributed by atoms with Crippen LogP contribution in [0.15, 0.2) is 84.8 Å². The number of carbonyl (C=O) groups excluding carboxylic acids is 1. The molecule has 0 aromatic heterocycles. The molecule has 3 aromatic rings. The first-order valence-electron chi connectivity index (χ1n) is 10.5. The van der Waals surface area contributed by atoms with E-state index in [-0.39, 0.29) is 38.9 Å². The van der Waals surface area contributed by atoms with Crippen molar-refractivity contribution in [3.8, 4) is 0 Å². The van der Waals surface area contributed by atoms with E-state index in [1.54, 1.807) is 12.1 Å². The average molecular weight is 563 g/mol. The van der Waals surface area contributed by atoms with Crippen molar-refractivity contribution in [2.75, 3.05) is 30.9 Å². The van der Waals surface area contributed by atoms with Gasteiger partial charge in [0.1, 0.15) is 22.0 Å². The third kappa shape index (κ3) is 6.35. The van der Waals surface area contributed by atoms with Gasteiger partial charge >= 0.3 is 5.97 Å². The number of methoxy groups -OCH3 is 1. The van der Waals surface area contributed by atoms with Crippen LogP contribution < -0.4 is 11.5 Å². The summed E-state index contributed by atoms with van der Waals surface area (Å²) >= 11 is 0. The van der Waals surface area contributed by atoms with Gasteiger partial charge in [0.25, 0.3) is 10.1 Å². The first kappa shape index (κ1) is 28.3. The largest absolute Gasteiger partial charge is 0.465 e. The van der Waals surface area contributed by atoms with Gasteiger partial charge in [0.2, 0.25) is 0 Å². The summed E-state index contributed by atoms with van der Waals surface area (Å²) in [5.41, 5.74) is 10.9. The van der Waals surface area contributed by atoms with Crippen LogP contribution in [0.5, 0.6) is 0 Å². The van der Waals surface area contributed by atoms with Crippen LogP contribution in [-0.2, 0) is 24.7 Å². The third-order valence-corrected chi connectivity index (χ3v) is 7.60. The number of ether oxygens (including phenoxy) is 1. The highest BCUT2D eigenvalue weighted by atomic mass is 32.2. The number of aliphatic hydroxyl groups excluding tert-OH is 1. The molecule has 14 nitrogen and oxygen atoms in total. The van der Waals surface area contributed by atoms with E-state index in [0.717, 1.165) is 6.07 Å². The Kier molecular flexibility index (Phi) is 8.52. The zero-order chi connectivity index (χ0) is 28.1. The first-order chi connectivity index (χ1) is 17.9. The Morgan fingerprint density at radius 1 is 0.895 bits per heavy atom. The SMILES string of the molecule is COC(=O)c1ccccc1N=Nc1cc(S(=O)(=O)O)c(N)c(N=Nc2ccc(S(=O)(=O)CCO)cc2)c1N. The van der Waals surface area contributed by atoms with E-state index >= 15 is 0 Å². The van der Waals surface area contributed by atoms with Crippen LogP contribution in [0.25, 0.3) is 0 Å². The molecular weight excluding hydrogens is 540 g/mol. The van der Waals surface area contributed by atoms with Crippen LogP contribution in [0.3, 0.4) is 0 Å². The van der Waals surface area contributed by atoms with Crippen molar-refractivity contribution in [2.24, 2.45) is 20.5 Å². The molecule has 0 unspecified atom stereocenters. The van der Waals surface area contributed by atoms with E-state index in [0.29, 0.717) is 0 Å². The number of nitrogens with zero attached hydrogens (tertiary/aromatic N) is 4. The van der Waals surface area contributed by atoms with Crippen molar-refractivity contribution in [1.82, 2.24) is 0 Å². The molecule has 200 valence electrons. The molecule has 0 aliphatic carbocycles. The average Bonchev–Trinajstić information content (AvgIpc) is 2.87. The van der Waals surface area contributed by atoms with Crippen molar-refractivity contribution >= 4 is 60.0 Å². The van der Waals surface area contributed by atoms with Gasteiger partial charge in [-0.05, 0) is 42.5 Å². The Morgan fingerprint density at radius 2 is 1.53 bits per heavy atom. The standard InChI is InChI=1S/C22H22N6O8S2/c1-36-22(30)15-4-2-3-5-16(15)26-27-17-12-18(38(33,34)35)20(24)21(19(17)23)28-25-13-6-8-14(9-7-13)37(31,32)11-10-29/h2-9,12,29H,10-11,23-24H2,1H3,(H,33,34,35). The fraction of sp³-hybridized carbons (Fsp3) is 0.136. The number of sulfone groups is 1. The lowest BCUT2D eigenvalue weighted by molar-refractivity contribution is 0.0601. The maximum atomic E-state index is 12.0. The maximum absolute atomic E-state index is 12.0. The normalized spacial score (nSPS) is 12.3. The van der Waals surface area contributed by atoms with Gasteiger partial charge in [-0.3, -0.25) is 4.55 Å². The summed E-state index contributed by atoms with van der Waals surface area (Å²) in [6.07, 6.45) is 0. The van der Waals surface area contributed by atoms with Crippen molar-refractivity contribution in [2.45, 2.75) is 9.79 Å². The molecule has 0 heterocycles. The zero-order valence-electron chi connectivity index (χ0n) is 19.7. The number of benzene rings is 3. The molecule has 16 heteroatoms. The smallest absolute Gasteiger partial charge is 0.340 e. The predicted molar refractivity (Wildman–Crippen MR) is 137 cm³/mol. The van der Waals surface area contributed by atoms with E-state index in [2.05, 4.69) is 20.5 Å². The van der Waals surface area contributed by atoms with Gasteiger partial charge < -0.3 is 21.3 Å². The van der Waals surface area contributed by atoms with Crippen molar-refractivity contribution in [3.63, 3.8) is 0 Å². The highest BCUT2D eigenvalue weighted by Crippen LogP contribution is 2.43. The summed E-state index contributed by atoms with van der Waals surface area (Å²) < 4.78 is 62.3. The monoisotopic (exact) mass is 562 g/mol.